The van der Waals surface area contributed by atoms with Crippen LogP contribution in [0.15, 0.2) is 60.7 Å². The normalized spacial score (nSPS) is 27.7. The summed E-state index contributed by atoms with van der Waals surface area (Å²) in [5.74, 6) is -1.23. The zero-order valence-corrected chi connectivity index (χ0v) is 16.5. The summed E-state index contributed by atoms with van der Waals surface area (Å²) in [6.45, 7) is 5.83. The van der Waals surface area contributed by atoms with E-state index in [0.717, 1.165) is 11.1 Å². The highest BCUT2D eigenvalue weighted by Gasteiger charge is 2.58. The van der Waals surface area contributed by atoms with Crippen LogP contribution >= 0.6 is 0 Å². The SMILES string of the molecule is C[C@@H](O)[C@H]1C(=O)N(C(c2ccccc2)c2ccccc2)[C@@H]1[C@@H]1COC(C)(C)O1. The van der Waals surface area contributed by atoms with E-state index in [9.17, 15) is 9.90 Å². The molecule has 0 radical (unpaired) electrons. The summed E-state index contributed by atoms with van der Waals surface area (Å²) in [5, 5.41) is 10.3. The van der Waals surface area contributed by atoms with Crippen LogP contribution in [0.5, 0.6) is 0 Å². The van der Waals surface area contributed by atoms with Crippen LogP contribution in [0, 0.1) is 5.92 Å². The van der Waals surface area contributed by atoms with Gasteiger partial charge in [0.25, 0.3) is 0 Å². The number of β-lactam (4-membered cyclic amide) rings is 1. The van der Waals surface area contributed by atoms with Crippen molar-refractivity contribution in [3.05, 3.63) is 71.8 Å². The van der Waals surface area contributed by atoms with E-state index in [2.05, 4.69) is 0 Å². The van der Waals surface area contributed by atoms with Gasteiger partial charge in [-0.15, -0.1) is 0 Å². The molecule has 0 spiro atoms. The second-order valence-electron chi connectivity index (χ2n) is 8.09. The van der Waals surface area contributed by atoms with Crippen molar-refractivity contribution in [3.63, 3.8) is 0 Å². The van der Waals surface area contributed by atoms with Gasteiger partial charge in [0, 0.05) is 0 Å². The number of nitrogens with zero attached hydrogens (tertiary/aromatic N) is 1. The molecule has 1 N–H and O–H groups in total. The van der Waals surface area contributed by atoms with E-state index >= 15 is 0 Å². The number of carbonyl (C=O) groups is 1. The standard InChI is InChI=1S/C23H27NO4/c1-15(25)19-21(18-14-27-23(2,3)28-18)24(22(19)26)20(16-10-6-4-7-11-16)17-12-8-5-9-13-17/h4-13,15,18-21,25H,14H2,1-3H3/t15-,18+,19-,21-/m1/s1. The maximum Gasteiger partial charge on any atom is 0.231 e. The summed E-state index contributed by atoms with van der Waals surface area (Å²) in [4.78, 5) is 15.1. The highest BCUT2D eigenvalue weighted by atomic mass is 16.7. The number of aliphatic hydroxyl groups excluding tert-OH is 1. The van der Waals surface area contributed by atoms with Crippen LogP contribution in [0.1, 0.15) is 37.9 Å². The van der Waals surface area contributed by atoms with Gasteiger partial charge in [-0.25, -0.2) is 0 Å². The van der Waals surface area contributed by atoms with E-state index in [1.807, 2.05) is 79.4 Å². The average molecular weight is 381 g/mol. The van der Waals surface area contributed by atoms with Gasteiger partial charge in [-0.3, -0.25) is 4.79 Å². The van der Waals surface area contributed by atoms with Crippen LogP contribution in [0.3, 0.4) is 0 Å². The molecule has 1 amide bonds. The van der Waals surface area contributed by atoms with Crippen LogP contribution < -0.4 is 0 Å². The topological polar surface area (TPSA) is 59.0 Å². The molecule has 2 heterocycles. The third kappa shape index (κ3) is 3.34. The first kappa shape index (κ1) is 19.1. The minimum atomic E-state index is -0.742. The summed E-state index contributed by atoms with van der Waals surface area (Å²) in [5.41, 5.74) is 2.07. The number of hydrogen-bond donors (Lipinski definition) is 1. The Morgan fingerprint density at radius 1 is 1.04 bits per heavy atom. The van der Waals surface area contributed by atoms with Crippen molar-refractivity contribution in [3.8, 4) is 0 Å². The summed E-state index contributed by atoms with van der Waals surface area (Å²) in [6.07, 6.45) is -1.02. The van der Waals surface area contributed by atoms with E-state index in [0.29, 0.717) is 6.61 Å². The average Bonchev–Trinajstić information content (AvgIpc) is 3.03. The van der Waals surface area contributed by atoms with Crippen LogP contribution in [0.25, 0.3) is 0 Å². The number of benzene rings is 2. The quantitative estimate of drug-likeness (QED) is 0.809. The molecule has 4 atom stereocenters. The minimum absolute atomic E-state index is 0.0500. The molecule has 2 aromatic carbocycles. The lowest BCUT2D eigenvalue weighted by Crippen LogP contribution is -2.69. The van der Waals surface area contributed by atoms with Gasteiger partial charge in [-0.1, -0.05) is 60.7 Å². The zero-order chi connectivity index (χ0) is 19.9. The molecule has 2 aliphatic heterocycles. The Labute approximate surface area is 165 Å². The van der Waals surface area contributed by atoms with E-state index in [4.69, 9.17) is 9.47 Å². The van der Waals surface area contributed by atoms with Crippen molar-refractivity contribution in [2.45, 2.75) is 50.8 Å². The number of hydrogen-bond acceptors (Lipinski definition) is 4. The number of rotatable bonds is 5. The fourth-order valence-corrected chi connectivity index (χ4v) is 4.43. The third-order valence-electron chi connectivity index (χ3n) is 5.67. The van der Waals surface area contributed by atoms with E-state index in [1.165, 1.54) is 0 Å². The molecular weight excluding hydrogens is 354 g/mol. The molecule has 2 saturated heterocycles. The number of ether oxygens (including phenoxy) is 2. The first-order chi connectivity index (χ1) is 13.4. The van der Waals surface area contributed by atoms with Crippen LogP contribution in [-0.2, 0) is 14.3 Å². The summed E-state index contributed by atoms with van der Waals surface area (Å²) in [7, 11) is 0. The lowest BCUT2D eigenvalue weighted by molar-refractivity contribution is -0.191. The van der Waals surface area contributed by atoms with Crippen molar-refractivity contribution in [2.24, 2.45) is 5.92 Å². The molecule has 148 valence electrons. The second kappa shape index (κ2) is 7.32. The fraction of sp³-hybridized carbons (Fsp3) is 0.435. The molecule has 2 aliphatic rings. The molecule has 4 rings (SSSR count). The lowest BCUT2D eigenvalue weighted by Gasteiger charge is -2.54. The van der Waals surface area contributed by atoms with Gasteiger partial charge in [-0.05, 0) is 31.9 Å². The molecule has 2 fully saturated rings. The van der Waals surface area contributed by atoms with Crippen LogP contribution in [0.2, 0.25) is 0 Å². The Bertz CT molecular complexity index is 782. The molecule has 5 nitrogen and oxygen atoms in total. The molecule has 28 heavy (non-hydrogen) atoms. The predicted molar refractivity (Wildman–Crippen MR) is 105 cm³/mol. The summed E-state index contributed by atoms with van der Waals surface area (Å²) in [6, 6.07) is 19.5. The van der Waals surface area contributed by atoms with Gasteiger partial charge >= 0.3 is 0 Å². The van der Waals surface area contributed by atoms with Crippen molar-refractivity contribution < 1.29 is 19.4 Å². The van der Waals surface area contributed by atoms with Crippen LogP contribution in [0.4, 0.5) is 0 Å². The predicted octanol–water partition coefficient (Wildman–Crippen LogP) is 3.14. The first-order valence-electron chi connectivity index (χ1n) is 9.81. The van der Waals surface area contributed by atoms with Gasteiger partial charge in [0.1, 0.15) is 6.10 Å². The molecule has 0 aromatic heterocycles. The maximum atomic E-state index is 13.2. The zero-order valence-electron chi connectivity index (χ0n) is 16.5. The van der Waals surface area contributed by atoms with Crippen LogP contribution in [-0.4, -0.2) is 46.6 Å². The number of carbonyl (C=O) groups excluding carboxylic acids is 1. The monoisotopic (exact) mass is 381 g/mol. The maximum absolute atomic E-state index is 13.2. The van der Waals surface area contributed by atoms with E-state index in [1.54, 1.807) is 6.92 Å². The minimum Gasteiger partial charge on any atom is -0.393 e. The Morgan fingerprint density at radius 3 is 2.00 bits per heavy atom. The number of likely N-dealkylation sites (tertiary alicyclic amines) is 1. The van der Waals surface area contributed by atoms with E-state index in [-0.39, 0.29) is 24.1 Å². The Morgan fingerprint density at radius 2 is 1.57 bits per heavy atom. The molecule has 5 heteroatoms. The molecule has 0 aliphatic carbocycles. The third-order valence-corrected chi connectivity index (χ3v) is 5.67. The van der Waals surface area contributed by atoms with Crippen molar-refractivity contribution in [1.29, 1.82) is 0 Å². The Kier molecular flexibility index (Phi) is 5.00. The molecule has 0 unspecified atom stereocenters. The van der Waals surface area contributed by atoms with Gasteiger partial charge in [0.15, 0.2) is 5.79 Å². The van der Waals surface area contributed by atoms with Crippen molar-refractivity contribution in [1.82, 2.24) is 4.90 Å². The Hall–Kier alpha value is -2.21. The number of amides is 1. The molecule has 0 bridgehead atoms. The second-order valence-corrected chi connectivity index (χ2v) is 8.09. The molecule has 0 saturated carbocycles. The van der Waals surface area contributed by atoms with Gasteiger partial charge in [0.05, 0.1) is 30.7 Å². The van der Waals surface area contributed by atoms with Gasteiger partial charge in [-0.2, -0.15) is 0 Å². The highest BCUT2D eigenvalue weighted by molar-refractivity contribution is 5.88. The molecule has 2 aromatic rings. The largest absolute Gasteiger partial charge is 0.393 e. The van der Waals surface area contributed by atoms with Crippen molar-refractivity contribution in [2.75, 3.05) is 6.61 Å². The lowest BCUT2D eigenvalue weighted by atomic mass is 9.77. The van der Waals surface area contributed by atoms with Gasteiger partial charge in [0.2, 0.25) is 5.91 Å². The van der Waals surface area contributed by atoms with Gasteiger partial charge < -0.3 is 19.5 Å². The Balaban J connectivity index is 1.75. The summed E-state index contributed by atoms with van der Waals surface area (Å²) < 4.78 is 11.9. The smallest absolute Gasteiger partial charge is 0.231 e. The molecular formula is C23H27NO4. The van der Waals surface area contributed by atoms with Crippen molar-refractivity contribution >= 4 is 5.91 Å². The fourth-order valence-electron chi connectivity index (χ4n) is 4.43. The number of aliphatic hydroxyl groups is 1. The summed E-state index contributed by atoms with van der Waals surface area (Å²) >= 11 is 0. The van der Waals surface area contributed by atoms with E-state index < -0.39 is 17.8 Å². The first-order valence-corrected chi connectivity index (χ1v) is 9.81. The highest BCUT2D eigenvalue weighted by Crippen LogP contribution is 2.44.